The van der Waals surface area contributed by atoms with E-state index in [-0.39, 0.29) is 11.3 Å². The summed E-state index contributed by atoms with van der Waals surface area (Å²) in [6.07, 6.45) is 2.79. The Morgan fingerprint density at radius 2 is 1.80 bits per heavy atom. The van der Waals surface area contributed by atoms with Crippen LogP contribution in [0.5, 0.6) is 5.75 Å². The van der Waals surface area contributed by atoms with E-state index in [9.17, 15) is 25.0 Å². The highest BCUT2D eigenvalue weighted by Crippen LogP contribution is 2.36. The second-order valence-corrected chi connectivity index (χ2v) is 6.02. The number of benzene rings is 1. The number of hydrogen-bond donors (Lipinski definition) is 0. The molecule has 0 aromatic heterocycles. The lowest BCUT2D eigenvalue weighted by Gasteiger charge is -2.10. The Kier molecular flexibility index (Phi) is 7.77. The number of hydrogen-bond acceptors (Lipinski definition) is 7. The van der Waals surface area contributed by atoms with Gasteiger partial charge < -0.3 is 9.47 Å². The van der Waals surface area contributed by atoms with Crippen LogP contribution in [0.2, 0.25) is 0 Å². The third-order valence-electron chi connectivity index (χ3n) is 3.62. The predicted octanol–water partition coefficient (Wildman–Crippen LogP) is 4.41. The molecule has 0 heterocycles. The Labute approximate surface area is 145 Å². The largest absolute Gasteiger partial charge is 0.513 e. The van der Waals surface area contributed by atoms with E-state index in [1.165, 1.54) is 6.07 Å². The lowest BCUT2D eigenvalue weighted by atomic mass is 10.0. The van der Waals surface area contributed by atoms with Gasteiger partial charge in [0.2, 0.25) is 5.75 Å². The number of nitrogens with zero attached hydrogens (tertiary/aromatic N) is 2. The van der Waals surface area contributed by atoms with Crippen LogP contribution in [-0.4, -0.2) is 23.1 Å². The molecule has 1 aromatic carbocycles. The van der Waals surface area contributed by atoms with Crippen LogP contribution in [0.3, 0.4) is 0 Å². The summed E-state index contributed by atoms with van der Waals surface area (Å²) in [4.78, 5) is 32.1. The quantitative estimate of drug-likeness (QED) is 0.212. The van der Waals surface area contributed by atoms with Crippen molar-refractivity contribution in [2.24, 2.45) is 5.92 Å². The Balaban J connectivity index is 3.09. The molecule has 0 saturated carbocycles. The number of carbonyl (C=O) groups is 1. The number of nitro groups is 2. The van der Waals surface area contributed by atoms with Crippen LogP contribution in [0.25, 0.3) is 0 Å². The zero-order valence-corrected chi connectivity index (χ0v) is 14.5. The van der Waals surface area contributed by atoms with Crippen LogP contribution in [-0.2, 0) is 11.2 Å². The van der Waals surface area contributed by atoms with Crippen molar-refractivity contribution in [3.63, 3.8) is 0 Å². The molecule has 1 rings (SSSR count). The first-order valence-electron chi connectivity index (χ1n) is 7.97. The van der Waals surface area contributed by atoms with Crippen molar-refractivity contribution in [3.8, 4) is 5.75 Å². The molecule has 0 aliphatic rings. The SMILES string of the molecule is COC(=O)Oc1c(CCCCCC(C)C)cc([N+](=O)[O-])cc1[N+](=O)[O-]. The van der Waals surface area contributed by atoms with Crippen molar-refractivity contribution in [2.75, 3.05) is 7.11 Å². The Morgan fingerprint density at radius 3 is 2.32 bits per heavy atom. The zero-order valence-electron chi connectivity index (χ0n) is 14.5. The van der Waals surface area contributed by atoms with Gasteiger partial charge in [-0.15, -0.1) is 0 Å². The van der Waals surface area contributed by atoms with Gasteiger partial charge in [-0.05, 0) is 18.8 Å². The van der Waals surface area contributed by atoms with Gasteiger partial charge in [0.15, 0.2) is 0 Å². The van der Waals surface area contributed by atoms with E-state index in [1.54, 1.807) is 0 Å². The number of rotatable bonds is 9. The molecule has 1 aromatic rings. The van der Waals surface area contributed by atoms with E-state index in [0.717, 1.165) is 32.4 Å². The Morgan fingerprint density at radius 1 is 1.12 bits per heavy atom. The molecule has 0 unspecified atom stereocenters. The maximum atomic E-state index is 11.4. The van der Waals surface area contributed by atoms with Gasteiger partial charge in [-0.3, -0.25) is 20.2 Å². The van der Waals surface area contributed by atoms with Crippen LogP contribution in [0.1, 0.15) is 45.1 Å². The van der Waals surface area contributed by atoms with Crippen molar-refractivity contribution in [1.29, 1.82) is 0 Å². The topological polar surface area (TPSA) is 122 Å². The molecule has 0 aliphatic heterocycles. The molecule has 138 valence electrons. The molecule has 0 amide bonds. The highest BCUT2D eigenvalue weighted by atomic mass is 16.7. The molecule has 0 saturated heterocycles. The van der Waals surface area contributed by atoms with Gasteiger partial charge in [-0.1, -0.05) is 33.1 Å². The molecule has 0 aliphatic carbocycles. The van der Waals surface area contributed by atoms with E-state index < -0.39 is 27.4 Å². The van der Waals surface area contributed by atoms with Gasteiger partial charge in [0.05, 0.1) is 23.0 Å². The molecular formula is C16H22N2O7. The first-order chi connectivity index (χ1) is 11.8. The molecule has 9 nitrogen and oxygen atoms in total. The number of ether oxygens (including phenoxy) is 2. The summed E-state index contributed by atoms with van der Waals surface area (Å²) < 4.78 is 9.27. The molecule has 9 heteroatoms. The van der Waals surface area contributed by atoms with Crippen molar-refractivity contribution in [3.05, 3.63) is 37.9 Å². The second kappa shape index (κ2) is 9.55. The minimum Gasteiger partial charge on any atom is -0.437 e. The fourth-order valence-electron chi connectivity index (χ4n) is 2.37. The fourth-order valence-corrected chi connectivity index (χ4v) is 2.37. The van der Waals surface area contributed by atoms with Gasteiger partial charge >= 0.3 is 11.8 Å². The first-order valence-corrected chi connectivity index (χ1v) is 7.97. The van der Waals surface area contributed by atoms with Crippen molar-refractivity contribution >= 4 is 17.5 Å². The molecule has 0 N–H and O–H groups in total. The van der Waals surface area contributed by atoms with E-state index in [1.807, 2.05) is 0 Å². The summed E-state index contributed by atoms with van der Waals surface area (Å²) in [5.41, 5.74) is -0.797. The number of aryl methyl sites for hydroxylation is 1. The third-order valence-corrected chi connectivity index (χ3v) is 3.62. The summed E-state index contributed by atoms with van der Waals surface area (Å²) in [7, 11) is 1.07. The standard InChI is InChI=1S/C16H22N2O7/c1-11(2)7-5-4-6-8-12-9-13(17(20)21)10-14(18(22)23)15(12)25-16(19)24-3/h9-11H,4-8H2,1-3H3. The summed E-state index contributed by atoms with van der Waals surface area (Å²) in [5, 5.41) is 22.2. The van der Waals surface area contributed by atoms with Crippen LogP contribution >= 0.6 is 0 Å². The van der Waals surface area contributed by atoms with E-state index in [4.69, 9.17) is 4.74 Å². The molecule has 25 heavy (non-hydrogen) atoms. The first kappa shape index (κ1) is 20.3. The smallest absolute Gasteiger partial charge is 0.437 e. The van der Waals surface area contributed by atoms with Crippen LogP contribution in [0, 0.1) is 26.1 Å². The average Bonchev–Trinajstić information content (AvgIpc) is 2.54. The van der Waals surface area contributed by atoms with Crippen molar-refractivity contribution in [2.45, 2.75) is 46.0 Å². The Hall–Kier alpha value is -2.71. The summed E-state index contributed by atoms with van der Waals surface area (Å²) >= 11 is 0. The van der Waals surface area contributed by atoms with Crippen molar-refractivity contribution in [1.82, 2.24) is 0 Å². The number of non-ortho nitro benzene ring substituents is 1. The molecule has 0 bridgehead atoms. The minimum absolute atomic E-state index is 0.246. The predicted molar refractivity (Wildman–Crippen MR) is 89.8 cm³/mol. The lowest BCUT2D eigenvalue weighted by molar-refractivity contribution is -0.394. The maximum Gasteiger partial charge on any atom is 0.513 e. The van der Waals surface area contributed by atoms with Crippen LogP contribution in [0.4, 0.5) is 16.2 Å². The highest BCUT2D eigenvalue weighted by molar-refractivity contribution is 5.69. The van der Waals surface area contributed by atoms with Gasteiger partial charge in [0, 0.05) is 11.6 Å². The number of carbonyl (C=O) groups excluding carboxylic acids is 1. The van der Waals surface area contributed by atoms with E-state index in [2.05, 4.69) is 18.6 Å². The second-order valence-electron chi connectivity index (χ2n) is 6.02. The highest BCUT2D eigenvalue weighted by Gasteiger charge is 2.27. The van der Waals surface area contributed by atoms with Gasteiger partial charge in [-0.25, -0.2) is 4.79 Å². The molecule has 0 fully saturated rings. The summed E-state index contributed by atoms with van der Waals surface area (Å²) in [6, 6.07) is 1.98. The Bertz CT molecular complexity index is 644. The monoisotopic (exact) mass is 354 g/mol. The molecule has 0 radical (unpaired) electrons. The number of unbranched alkanes of at least 4 members (excludes halogenated alkanes) is 2. The van der Waals surface area contributed by atoms with E-state index in [0.29, 0.717) is 18.8 Å². The van der Waals surface area contributed by atoms with Crippen LogP contribution < -0.4 is 4.74 Å². The third kappa shape index (κ3) is 6.36. The van der Waals surface area contributed by atoms with Crippen molar-refractivity contribution < 1.29 is 24.1 Å². The lowest BCUT2D eigenvalue weighted by Crippen LogP contribution is -2.11. The molecule has 0 spiro atoms. The van der Waals surface area contributed by atoms with E-state index >= 15 is 0 Å². The summed E-state index contributed by atoms with van der Waals surface area (Å²) in [5.74, 6) is 0.281. The average molecular weight is 354 g/mol. The normalized spacial score (nSPS) is 10.6. The molecule has 0 atom stereocenters. The molecular weight excluding hydrogens is 332 g/mol. The van der Waals surface area contributed by atoms with Gasteiger partial charge in [0.1, 0.15) is 0 Å². The number of nitro benzene ring substituents is 2. The maximum absolute atomic E-state index is 11.4. The van der Waals surface area contributed by atoms with Crippen LogP contribution in [0.15, 0.2) is 12.1 Å². The minimum atomic E-state index is -1.11. The zero-order chi connectivity index (χ0) is 19.0. The van der Waals surface area contributed by atoms with Gasteiger partial charge in [-0.2, -0.15) is 0 Å². The number of methoxy groups -OCH3 is 1. The van der Waals surface area contributed by atoms with Gasteiger partial charge in [0.25, 0.3) is 5.69 Å². The fraction of sp³-hybridized carbons (Fsp3) is 0.562. The summed E-state index contributed by atoms with van der Waals surface area (Å²) in [6.45, 7) is 4.23.